The molecule has 6 nitrogen and oxygen atoms in total. The minimum absolute atomic E-state index is 0.329. The van der Waals surface area contributed by atoms with E-state index < -0.39 is 72.8 Å². The van der Waals surface area contributed by atoms with Gasteiger partial charge >= 0.3 is 24.1 Å². The lowest BCUT2D eigenvalue weighted by Gasteiger charge is -2.46. The number of rotatable bonds is 7. The van der Waals surface area contributed by atoms with Crippen molar-refractivity contribution in [2.45, 2.75) is 68.8 Å². The van der Waals surface area contributed by atoms with Crippen LogP contribution in [0.25, 0.3) is 0 Å². The van der Waals surface area contributed by atoms with E-state index in [9.17, 15) is 54.1 Å². The van der Waals surface area contributed by atoms with Crippen molar-refractivity contribution in [1.82, 2.24) is 0 Å². The van der Waals surface area contributed by atoms with E-state index in [4.69, 9.17) is 0 Å². The highest BCUT2D eigenvalue weighted by atomic mass is 19.4. The number of carbonyl (C=O) groups excluding carboxylic acids is 1. The normalized spacial score (nSPS) is 26.9. The minimum Gasteiger partial charge on any atom is -0.459 e. The maximum atomic E-state index is 14.5. The van der Waals surface area contributed by atoms with Gasteiger partial charge in [0.2, 0.25) is 0 Å². The first-order valence-corrected chi connectivity index (χ1v) is 8.54. The maximum Gasteiger partial charge on any atom is 0.447 e. The number of hydrogen-bond donors (Lipinski definition) is 0. The van der Waals surface area contributed by atoms with Crippen LogP contribution < -0.4 is 0 Å². The van der Waals surface area contributed by atoms with E-state index in [1.54, 1.807) is 5.18 Å². The molecule has 0 spiro atoms. The molecule has 178 valence electrons. The molecule has 0 heterocycles. The molecule has 0 bridgehead atoms. The number of nitroso groups, excluding NO2 is 2. The molecule has 0 amide bonds. The lowest BCUT2D eigenvalue weighted by Crippen LogP contribution is -2.63. The fraction of sp³-hybridized carbons (Fsp3) is 0.812. The molecule has 0 aromatic carbocycles. The smallest absolute Gasteiger partial charge is 0.447 e. The molecule has 1 aliphatic rings. The van der Waals surface area contributed by atoms with Crippen LogP contribution in [0.2, 0.25) is 0 Å². The van der Waals surface area contributed by atoms with Crippen LogP contribution >= 0.6 is 0 Å². The molecular formula is C16H17F9N2O4. The highest BCUT2D eigenvalue weighted by molar-refractivity contribution is 5.87. The van der Waals surface area contributed by atoms with E-state index in [-0.39, 0.29) is 12.5 Å². The molecule has 15 heteroatoms. The highest BCUT2D eigenvalue weighted by Gasteiger charge is 2.75. The Kier molecular flexibility index (Phi) is 7.24. The van der Waals surface area contributed by atoms with Crippen LogP contribution in [0.4, 0.5) is 39.5 Å². The average molecular weight is 472 g/mol. The van der Waals surface area contributed by atoms with Gasteiger partial charge in [0.1, 0.15) is 6.10 Å². The van der Waals surface area contributed by atoms with E-state index in [1.165, 1.54) is 5.18 Å². The Bertz CT molecular complexity index is 718. The number of esters is 1. The summed E-state index contributed by atoms with van der Waals surface area (Å²) in [4.78, 5) is 33.5. The molecule has 0 aliphatic heterocycles. The Morgan fingerprint density at radius 2 is 1.35 bits per heavy atom. The fourth-order valence-electron chi connectivity index (χ4n) is 3.67. The van der Waals surface area contributed by atoms with Crippen LogP contribution in [0.1, 0.15) is 33.1 Å². The summed E-state index contributed by atoms with van der Waals surface area (Å²) in [6, 6.07) is 0. The zero-order valence-electron chi connectivity index (χ0n) is 16.0. The van der Waals surface area contributed by atoms with Crippen molar-refractivity contribution < 1.29 is 49.0 Å². The van der Waals surface area contributed by atoms with Crippen molar-refractivity contribution in [1.29, 1.82) is 0 Å². The molecule has 0 N–H and O–H groups in total. The van der Waals surface area contributed by atoms with E-state index in [2.05, 4.69) is 11.3 Å². The second-order valence-electron chi connectivity index (χ2n) is 7.41. The van der Waals surface area contributed by atoms with Crippen LogP contribution in [0.3, 0.4) is 0 Å². The van der Waals surface area contributed by atoms with E-state index >= 15 is 0 Å². The minimum atomic E-state index is -6.09. The Morgan fingerprint density at radius 3 is 1.68 bits per heavy atom. The first-order valence-electron chi connectivity index (χ1n) is 8.54. The summed E-state index contributed by atoms with van der Waals surface area (Å²) in [5, 5.41) is 2.90. The largest absolute Gasteiger partial charge is 0.459 e. The molecule has 1 saturated carbocycles. The van der Waals surface area contributed by atoms with Crippen LogP contribution in [0, 0.1) is 21.6 Å². The summed E-state index contributed by atoms with van der Waals surface area (Å²) in [6.45, 7) is 3.88. The summed E-state index contributed by atoms with van der Waals surface area (Å²) in [5.74, 6) is -16.8. The quantitative estimate of drug-likeness (QED) is 0.159. The Morgan fingerprint density at radius 1 is 0.871 bits per heavy atom. The van der Waals surface area contributed by atoms with Crippen molar-refractivity contribution in [3.63, 3.8) is 0 Å². The molecule has 1 aliphatic carbocycles. The third-order valence-corrected chi connectivity index (χ3v) is 5.19. The van der Waals surface area contributed by atoms with Gasteiger partial charge in [0, 0.05) is 24.3 Å². The first kappa shape index (κ1) is 26.8. The molecule has 1 fully saturated rings. The van der Waals surface area contributed by atoms with Gasteiger partial charge in [-0.15, -0.1) is 9.81 Å². The molecule has 5 atom stereocenters. The summed E-state index contributed by atoms with van der Waals surface area (Å²) >= 11 is 0. The van der Waals surface area contributed by atoms with Crippen LogP contribution in [-0.2, 0) is 9.53 Å². The third-order valence-electron chi connectivity index (χ3n) is 5.19. The van der Waals surface area contributed by atoms with Gasteiger partial charge in [-0.05, 0) is 36.5 Å². The van der Waals surface area contributed by atoms with Gasteiger partial charge < -0.3 is 4.74 Å². The van der Waals surface area contributed by atoms with Gasteiger partial charge in [-0.3, -0.25) is 0 Å². The van der Waals surface area contributed by atoms with E-state index in [0.717, 1.165) is 6.92 Å². The number of hydrogen-bond acceptors (Lipinski definition) is 6. The standard InChI is InChI=1S/C16H17F9N2O4/c1-7(2)11(28)31-10-5-8(13(26-29,12(3,17)18)15(20,21)22)4-9(6-10)14(19,27-30)16(23,24)25/h8-10H,1,4-6H2,2-3H3. The summed E-state index contributed by atoms with van der Waals surface area (Å²) < 4.78 is 127. The number of nitrogens with zero attached hydrogens (tertiary/aromatic N) is 2. The fourth-order valence-corrected chi connectivity index (χ4v) is 3.67. The first-order chi connectivity index (χ1) is 13.8. The van der Waals surface area contributed by atoms with Crippen molar-refractivity contribution >= 4 is 5.97 Å². The zero-order valence-corrected chi connectivity index (χ0v) is 16.0. The summed E-state index contributed by atoms with van der Waals surface area (Å²) in [5.41, 5.74) is -5.15. The molecule has 0 radical (unpaired) electrons. The van der Waals surface area contributed by atoms with E-state index in [0.29, 0.717) is 0 Å². The lowest BCUT2D eigenvalue weighted by molar-refractivity contribution is -0.282. The monoisotopic (exact) mass is 472 g/mol. The van der Waals surface area contributed by atoms with Crippen molar-refractivity contribution in [2.24, 2.45) is 22.2 Å². The van der Waals surface area contributed by atoms with Crippen LogP contribution in [0.5, 0.6) is 0 Å². The SMILES string of the molecule is C=C(C)C(=O)OC1CC(C(F)(N=O)C(F)(F)F)CC(C(N=O)(C(C)(F)F)C(F)(F)F)C1. The van der Waals surface area contributed by atoms with Gasteiger partial charge in [-0.25, -0.2) is 18.0 Å². The predicted octanol–water partition coefficient (Wildman–Crippen LogP) is 5.61. The van der Waals surface area contributed by atoms with Crippen molar-refractivity contribution in [3.8, 4) is 0 Å². The Labute approximate surface area is 169 Å². The summed E-state index contributed by atoms with van der Waals surface area (Å²) in [6.07, 6.45) is -18.2. The number of ether oxygens (including phenoxy) is 1. The van der Waals surface area contributed by atoms with Crippen molar-refractivity contribution in [3.05, 3.63) is 22.0 Å². The zero-order chi connectivity index (χ0) is 24.6. The molecule has 0 aromatic heterocycles. The Hall–Kier alpha value is -2.22. The van der Waals surface area contributed by atoms with Gasteiger partial charge in [-0.2, -0.15) is 26.3 Å². The van der Waals surface area contributed by atoms with Crippen molar-refractivity contribution in [2.75, 3.05) is 0 Å². The van der Waals surface area contributed by atoms with E-state index in [1.807, 2.05) is 0 Å². The third kappa shape index (κ3) is 4.68. The lowest BCUT2D eigenvalue weighted by atomic mass is 9.65. The van der Waals surface area contributed by atoms with Crippen LogP contribution in [0.15, 0.2) is 22.5 Å². The van der Waals surface area contributed by atoms with Gasteiger partial charge in [0.25, 0.3) is 11.5 Å². The topological polar surface area (TPSA) is 85.2 Å². The second kappa shape index (κ2) is 8.37. The molecule has 0 saturated heterocycles. The highest BCUT2D eigenvalue weighted by Crippen LogP contribution is 2.57. The second-order valence-corrected chi connectivity index (χ2v) is 7.41. The average Bonchev–Trinajstić information content (AvgIpc) is 2.58. The molecule has 31 heavy (non-hydrogen) atoms. The Balaban J connectivity index is 3.64. The molecular weight excluding hydrogens is 455 g/mol. The van der Waals surface area contributed by atoms with Gasteiger partial charge in [-0.1, -0.05) is 6.58 Å². The summed E-state index contributed by atoms with van der Waals surface area (Å²) in [7, 11) is 0. The van der Waals surface area contributed by atoms with Crippen LogP contribution in [-0.4, -0.2) is 41.7 Å². The molecule has 0 aromatic rings. The van der Waals surface area contributed by atoms with Gasteiger partial charge in [0.15, 0.2) is 0 Å². The maximum absolute atomic E-state index is 14.5. The number of alkyl halides is 9. The van der Waals surface area contributed by atoms with Gasteiger partial charge in [0.05, 0.1) is 0 Å². The molecule has 1 rings (SSSR count). The number of halogens is 9. The predicted molar refractivity (Wildman–Crippen MR) is 86.4 cm³/mol. The number of carbonyl (C=O) groups is 1. The molecule has 5 unspecified atom stereocenters.